The number of hydrogen-bond acceptors (Lipinski definition) is 1. The Bertz CT molecular complexity index is 691. The second-order valence-corrected chi connectivity index (χ2v) is 18.5. The molecular formula is C21H32N2OSi2. The number of rotatable bonds is 4. The summed E-state index contributed by atoms with van der Waals surface area (Å²) in [5.41, 5.74) is 4.40. The fourth-order valence-electron chi connectivity index (χ4n) is 3.06. The molecule has 3 nitrogen and oxygen atoms in total. The Labute approximate surface area is 160 Å². The summed E-state index contributed by atoms with van der Waals surface area (Å²) in [5, 5.41) is 0. The Hall–Kier alpha value is -1.86. The van der Waals surface area contributed by atoms with Crippen LogP contribution in [0.2, 0.25) is 39.3 Å². The van der Waals surface area contributed by atoms with Crippen LogP contribution < -0.4 is 9.13 Å². The minimum absolute atomic E-state index is 0.107. The maximum atomic E-state index is 13.8. The van der Waals surface area contributed by atoms with Crippen LogP contribution in [0.15, 0.2) is 48.5 Å². The molecule has 26 heavy (non-hydrogen) atoms. The van der Waals surface area contributed by atoms with Crippen molar-refractivity contribution in [2.24, 2.45) is 0 Å². The number of urea groups is 1. The lowest BCUT2D eigenvalue weighted by atomic mass is 10.2. The zero-order chi connectivity index (χ0) is 19.7. The van der Waals surface area contributed by atoms with E-state index in [2.05, 4.69) is 111 Å². The van der Waals surface area contributed by atoms with Gasteiger partial charge in [0.1, 0.15) is 0 Å². The molecule has 0 radical (unpaired) electrons. The van der Waals surface area contributed by atoms with Crippen LogP contribution in [0.4, 0.5) is 16.2 Å². The molecule has 2 aromatic rings. The third-order valence-corrected chi connectivity index (χ3v) is 7.89. The molecule has 0 saturated heterocycles. The molecule has 0 aromatic heterocycles. The van der Waals surface area contributed by atoms with E-state index < -0.39 is 16.5 Å². The SMILES string of the molecule is Cc1ccc(N(C(=O)N(c2ccc(C)cc2)[Si](C)(C)C)[Si](C)(C)C)cc1. The first-order valence-electron chi connectivity index (χ1n) is 9.19. The van der Waals surface area contributed by atoms with E-state index in [0.29, 0.717) is 0 Å². The quantitative estimate of drug-likeness (QED) is 0.559. The summed E-state index contributed by atoms with van der Waals surface area (Å²) >= 11 is 0. The van der Waals surface area contributed by atoms with Crippen LogP contribution in [0, 0.1) is 13.8 Å². The lowest BCUT2D eigenvalue weighted by molar-refractivity contribution is 0.257. The zero-order valence-electron chi connectivity index (χ0n) is 17.4. The summed E-state index contributed by atoms with van der Waals surface area (Å²) in [7, 11) is -3.86. The van der Waals surface area contributed by atoms with Crippen LogP contribution in [-0.4, -0.2) is 22.5 Å². The van der Waals surface area contributed by atoms with E-state index in [0.717, 1.165) is 11.4 Å². The molecule has 0 heterocycles. The highest BCUT2D eigenvalue weighted by atomic mass is 28.3. The van der Waals surface area contributed by atoms with Gasteiger partial charge in [-0.15, -0.1) is 0 Å². The van der Waals surface area contributed by atoms with E-state index in [1.165, 1.54) is 11.1 Å². The van der Waals surface area contributed by atoms with E-state index in [1.54, 1.807) is 0 Å². The summed E-state index contributed by atoms with van der Waals surface area (Å²) in [6, 6.07) is 16.7. The van der Waals surface area contributed by atoms with Gasteiger partial charge in [-0.2, -0.15) is 0 Å². The number of aryl methyl sites for hydroxylation is 2. The molecule has 0 aliphatic rings. The number of nitrogens with zero attached hydrogens (tertiary/aromatic N) is 2. The van der Waals surface area contributed by atoms with Crippen LogP contribution >= 0.6 is 0 Å². The van der Waals surface area contributed by atoms with Crippen molar-refractivity contribution in [2.75, 3.05) is 9.13 Å². The number of carbonyl (C=O) groups is 1. The van der Waals surface area contributed by atoms with E-state index in [-0.39, 0.29) is 6.03 Å². The summed E-state index contributed by atoms with van der Waals surface area (Å²) < 4.78 is 4.12. The van der Waals surface area contributed by atoms with Gasteiger partial charge in [-0.1, -0.05) is 74.7 Å². The lowest BCUT2D eigenvalue weighted by Crippen LogP contribution is -2.61. The molecule has 0 fully saturated rings. The van der Waals surface area contributed by atoms with Crippen LogP contribution in [0.1, 0.15) is 11.1 Å². The molecule has 0 unspecified atom stereocenters. The Morgan fingerprint density at radius 3 is 1.12 bits per heavy atom. The van der Waals surface area contributed by atoms with E-state index >= 15 is 0 Å². The van der Waals surface area contributed by atoms with Gasteiger partial charge < -0.3 is 9.13 Å². The van der Waals surface area contributed by atoms with E-state index in [1.807, 2.05) is 0 Å². The molecule has 0 atom stereocenters. The molecule has 2 rings (SSSR count). The van der Waals surface area contributed by atoms with Crippen LogP contribution in [0.5, 0.6) is 0 Å². The molecule has 0 aliphatic heterocycles. The number of hydrogen-bond donors (Lipinski definition) is 0. The van der Waals surface area contributed by atoms with Gasteiger partial charge in [0.05, 0.1) is 0 Å². The van der Waals surface area contributed by atoms with Crippen molar-refractivity contribution >= 4 is 33.9 Å². The van der Waals surface area contributed by atoms with Crippen molar-refractivity contribution in [3.8, 4) is 0 Å². The molecule has 0 N–H and O–H groups in total. The standard InChI is InChI=1S/C21H32N2OSi2/c1-17-9-13-19(14-10-17)22(25(3,4)5)21(24)23(26(6,7)8)20-15-11-18(2)12-16-20/h9-16H,1-8H3. The van der Waals surface area contributed by atoms with Gasteiger partial charge in [0.2, 0.25) is 0 Å². The normalized spacial score (nSPS) is 12.0. The second-order valence-electron chi connectivity index (χ2n) is 8.97. The highest BCUT2D eigenvalue weighted by molar-refractivity contribution is 6.88. The van der Waals surface area contributed by atoms with Crippen LogP contribution in [-0.2, 0) is 0 Å². The first-order valence-corrected chi connectivity index (χ1v) is 16.1. The maximum absolute atomic E-state index is 13.8. The fourth-order valence-corrected chi connectivity index (χ4v) is 6.35. The number of benzene rings is 2. The Morgan fingerprint density at radius 2 is 0.885 bits per heavy atom. The molecule has 5 heteroatoms. The molecule has 2 amide bonds. The van der Waals surface area contributed by atoms with Crippen LogP contribution in [0.3, 0.4) is 0 Å². The minimum atomic E-state index is -1.93. The number of carbonyl (C=O) groups excluding carboxylic acids is 1. The Kier molecular flexibility index (Phi) is 5.83. The molecule has 0 spiro atoms. The molecular weight excluding hydrogens is 352 g/mol. The molecule has 0 bridgehead atoms. The van der Waals surface area contributed by atoms with Gasteiger partial charge in [-0.05, 0) is 38.1 Å². The van der Waals surface area contributed by atoms with Gasteiger partial charge in [0, 0.05) is 11.4 Å². The monoisotopic (exact) mass is 384 g/mol. The molecule has 140 valence electrons. The fraction of sp³-hybridized carbons (Fsp3) is 0.381. The summed E-state index contributed by atoms with van der Waals surface area (Å²) in [6.45, 7) is 17.5. The van der Waals surface area contributed by atoms with Gasteiger partial charge in [-0.25, -0.2) is 4.79 Å². The first-order chi connectivity index (χ1) is 11.9. The smallest absolute Gasteiger partial charge is 0.312 e. The average Bonchev–Trinajstić information content (AvgIpc) is 2.49. The molecule has 0 saturated carbocycles. The van der Waals surface area contributed by atoms with Crippen molar-refractivity contribution < 1.29 is 4.79 Å². The number of amides is 2. The molecule has 2 aromatic carbocycles. The van der Waals surface area contributed by atoms with Gasteiger partial charge in [0.25, 0.3) is 0 Å². The Balaban J connectivity index is 2.55. The minimum Gasteiger partial charge on any atom is -0.323 e. The van der Waals surface area contributed by atoms with Gasteiger partial charge >= 0.3 is 6.03 Å². The van der Waals surface area contributed by atoms with Gasteiger partial charge in [0.15, 0.2) is 16.5 Å². The molecule has 0 aliphatic carbocycles. The average molecular weight is 385 g/mol. The lowest BCUT2D eigenvalue weighted by Gasteiger charge is -2.43. The first kappa shape index (κ1) is 20.5. The maximum Gasteiger partial charge on any atom is 0.312 e. The topological polar surface area (TPSA) is 23.6 Å². The van der Waals surface area contributed by atoms with E-state index in [4.69, 9.17) is 0 Å². The van der Waals surface area contributed by atoms with Crippen molar-refractivity contribution in [3.05, 3.63) is 59.7 Å². The highest BCUT2D eigenvalue weighted by Gasteiger charge is 2.38. The third kappa shape index (κ3) is 4.65. The second kappa shape index (κ2) is 7.41. The highest BCUT2D eigenvalue weighted by Crippen LogP contribution is 2.29. The Morgan fingerprint density at radius 1 is 0.615 bits per heavy atom. The van der Waals surface area contributed by atoms with Crippen molar-refractivity contribution in [2.45, 2.75) is 53.1 Å². The number of anilines is 2. The predicted octanol–water partition coefficient (Wildman–Crippen LogP) is 6.41. The van der Waals surface area contributed by atoms with Crippen LogP contribution in [0.25, 0.3) is 0 Å². The van der Waals surface area contributed by atoms with Crippen molar-refractivity contribution in [1.29, 1.82) is 0 Å². The summed E-state index contributed by atoms with van der Waals surface area (Å²) in [5.74, 6) is 0. The van der Waals surface area contributed by atoms with E-state index in [9.17, 15) is 4.79 Å². The third-order valence-electron chi connectivity index (χ3n) is 4.31. The largest absolute Gasteiger partial charge is 0.323 e. The van der Waals surface area contributed by atoms with Crippen molar-refractivity contribution in [3.63, 3.8) is 0 Å². The zero-order valence-corrected chi connectivity index (χ0v) is 19.4. The predicted molar refractivity (Wildman–Crippen MR) is 119 cm³/mol. The summed E-state index contributed by atoms with van der Waals surface area (Å²) in [6.07, 6.45) is 0. The summed E-state index contributed by atoms with van der Waals surface area (Å²) in [4.78, 5) is 13.8. The van der Waals surface area contributed by atoms with Crippen molar-refractivity contribution in [1.82, 2.24) is 0 Å². The van der Waals surface area contributed by atoms with Gasteiger partial charge in [-0.3, -0.25) is 0 Å².